The Morgan fingerprint density at radius 3 is 1.37 bits per heavy atom. The molecule has 2 atom stereocenters. The van der Waals surface area contributed by atoms with Crippen LogP contribution in [-0.2, 0) is 4.79 Å². The number of carbonyl (C=O) groups excluding carboxylic acids is 1. The minimum atomic E-state index is -0.868. The molecule has 51 heavy (non-hydrogen) atoms. The molecule has 0 spiro atoms. The average molecular weight is 712 g/mol. The van der Waals surface area contributed by atoms with Crippen LogP contribution in [0.1, 0.15) is 213 Å². The molecule has 3 N–H and O–H groups in total. The van der Waals surface area contributed by atoms with Crippen LogP contribution in [0.3, 0.4) is 0 Å². The fourth-order valence-corrected chi connectivity index (χ4v) is 6.38. The smallest absolute Gasteiger partial charge is 0.220 e. The molecule has 0 aliphatic heterocycles. The van der Waals surface area contributed by atoms with Crippen LogP contribution >= 0.6 is 0 Å². The molecule has 0 aliphatic rings. The van der Waals surface area contributed by atoms with E-state index in [0.717, 1.165) is 64.2 Å². The highest BCUT2D eigenvalue weighted by atomic mass is 16.3. The van der Waals surface area contributed by atoms with Crippen LogP contribution < -0.4 is 5.32 Å². The Kier molecular flexibility index (Phi) is 40.9. The molecule has 0 radical (unpaired) electrons. The highest BCUT2D eigenvalue weighted by Crippen LogP contribution is 2.15. The van der Waals surface area contributed by atoms with Crippen molar-refractivity contribution >= 4 is 5.91 Å². The number of allylic oxidation sites excluding steroid dienone is 9. The summed E-state index contributed by atoms with van der Waals surface area (Å²) < 4.78 is 0. The average Bonchev–Trinajstić information content (AvgIpc) is 3.13. The molecule has 0 aromatic carbocycles. The molecule has 0 bridgehead atoms. The van der Waals surface area contributed by atoms with Gasteiger partial charge in [-0.25, -0.2) is 0 Å². The maximum Gasteiger partial charge on any atom is 0.220 e. The van der Waals surface area contributed by atoms with Crippen molar-refractivity contribution < 1.29 is 15.0 Å². The van der Waals surface area contributed by atoms with Crippen LogP contribution in [0, 0.1) is 0 Å². The van der Waals surface area contributed by atoms with E-state index in [9.17, 15) is 15.0 Å². The molecule has 1 amide bonds. The first kappa shape index (κ1) is 49.1. The summed E-state index contributed by atoms with van der Waals surface area (Å²) in [5.74, 6) is -0.0856. The van der Waals surface area contributed by atoms with E-state index in [1.54, 1.807) is 6.08 Å². The second-order valence-electron chi connectivity index (χ2n) is 14.7. The number of rotatable bonds is 39. The zero-order valence-electron chi connectivity index (χ0n) is 33.9. The van der Waals surface area contributed by atoms with Crippen LogP contribution in [-0.4, -0.2) is 34.9 Å². The monoisotopic (exact) mass is 712 g/mol. The topological polar surface area (TPSA) is 69.6 Å². The van der Waals surface area contributed by atoms with E-state index in [0.29, 0.717) is 6.42 Å². The van der Waals surface area contributed by atoms with Gasteiger partial charge in [0, 0.05) is 6.42 Å². The molecule has 0 rings (SSSR count). The lowest BCUT2D eigenvalue weighted by molar-refractivity contribution is -0.123. The molecule has 0 saturated heterocycles. The molecule has 296 valence electrons. The molecule has 0 fully saturated rings. The Morgan fingerprint density at radius 1 is 0.490 bits per heavy atom. The zero-order chi connectivity index (χ0) is 37.1. The predicted molar refractivity (Wildman–Crippen MR) is 225 cm³/mol. The zero-order valence-corrected chi connectivity index (χ0v) is 33.9. The fraction of sp³-hybridized carbons (Fsp3) is 0.766. The van der Waals surface area contributed by atoms with Crippen molar-refractivity contribution in [2.75, 3.05) is 6.61 Å². The number of nitrogens with one attached hydrogen (secondary N) is 1. The van der Waals surface area contributed by atoms with Crippen LogP contribution in [0.4, 0.5) is 0 Å². The first-order chi connectivity index (χ1) is 25.2. The summed E-state index contributed by atoms with van der Waals surface area (Å²) in [5, 5.41) is 23.0. The summed E-state index contributed by atoms with van der Waals surface area (Å²) in [6.07, 6.45) is 59.0. The third kappa shape index (κ3) is 39.1. The van der Waals surface area contributed by atoms with E-state index in [1.165, 1.54) is 128 Å². The molecule has 2 unspecified atom stereocenters. The van der Waals surface area contributed by atoms with Gasteiger partial charge < -0.3 is 15.5 Å². The second kappa shape index (κ2) is 42.5. The fourth-order valence-electron chi connectivity index (χ4n) is 6.38. The summed E-state index contributed by atoms with van der Waals surface area (Å²) in [6.45, 7) is 4.18. The Balaban J connectivity index is 3.63. The Hall–Kier alpha value is -1.91. The Morgan fingerprint density at radius 2 is 0.882 bits per heavy atom. The predicted octanol–water partition coefficient (Wildman–Crippen LogP) is 13.7. The largest absolute Gasteiger partial charge is 0.394 e. The van der Waals surface area contributed by atoms with Crippen molar-refractivity contribution in [3.8, 4) is 0 Å². The van der Waals surface area contributed by atoms with E-state index in [-0.39, 0.29) is 12.5 Å². The van der Waals surface area contributed by atoms with E-state index in [1.807, 2.05) is 6.08 Å². The maximum atomic E-state index is 12.4. The highest BCUT2D eigenvalue weighted by molar-refractivity contribution is 5.76. The van der Waals surface area contributed by atoms with Crippen molar-refractivity contribution in [1.29, 1.82) is 0 Å². The molecule has 0 saturated carbocycles. The van der Waals surface area contributed by atoms with Crippen LogP contribution in [0.5, 0.6) is 0 Å². The quantitative estimate of drug-likeness (QED) is 0.0439. The first-order valence-electron chi connectivity index (χ1n) is 22.0. The van der Waals surface area contributed by atoms with Crippen molar-refractivity contribution in [2.24, 2.45) is 0 Å². The number of aliphatic hydroxyl groups is 2. The van der Waals surface area contributed by atoms with E-state index in [4.69, 9.17) is 0 Å². The van der Waals surface area contributed by atoms with E-state index in [2.05, 4.69) is 67.8 Å². The van der Waals surface area contributed by atoms with Gasteiger partial charge in [0.1, 0.15) is 0 Å². The third-order valence-electron chi connectivity index (χ3n) is 9.73. The molecule has 4 nitrogen and oxygen atoms in total. The first-order valence-corrected chi connectivity index (χ1v) is 22.0. The molecule has 0 heterocycles. The van der Waals surface area contributed by atoms with Crippen LogP contribution in [0.2, 0.25) is 0 Å². The lowest BCUT2D eigenvalue weighted by Gasteiger charge is -2.19. The van der Waals surface area contributed by atoms with Crippen molar-refractivity contribution in [1.82, 2.24) is 5.32 Å². The van der Waals surface area contributed by atoms with Gasteiger partial charge in [0.25, 0.3) is 0 Å². The second-order valence-corrected chi connectivity index (χ2v) is 14.7. The lowest BCUT2D eigenvalue weighted by atomic mass is 10.0. The number of hydrogen-bond acceptors (Lipinski definition) is 3. The highest BCUT2D eigenvalue weighted by Gasteiger charge is 2.17. The van der Waals surface area contributed by atoms with Gasteiger partial charge in [-0.05, 0) is 64.2 Å². The number of aliphatic hydroxyl groups excluding tert-OH is 2. The van der Waals surface area contributed by atoms with Gasteiger partial charge in [0.05, 0.1) is 18.8 Å². The van der Waals surface area contributed by atoms with Gasteiger partial charge >= 0.3 is 0 Å². The van der Waals surface area contributed by atoms with Crippen molar-refractivity contribution in [3.05, 3.63) is 60.8 Å². The van der Waals surface area contributed by atoms with E-state index < -0.39 is 12.1 Å². The summed E-state index contributed by atoms with van der Waals surface area (Å²) in [5.41, 5.74) is 0. The van der Waals surface area contributed by atoms with Gasteiger partial charge in [-0.1, -0.05) is 203 Å². The molecule has 4 heteroatoms. The molecule has 0 aliphatic carbocycles. The molecule has 0 aromatic rings. The third-order valence-corrected chi connectivity index (χ3v) is 9.73. The van der Waals surface area contributed by atoms with Crippen LogP contribution in [0.25, 0.3) is 0 Å². The lowest BCUT2D eigenvalue weighted by Crippen LogP contribution is -2.45. The molecular formula is C47H85NO3. The number of amides is 1. The Bertz CT molecular complexity index is 858. The standard InChI is InChI=1S/C47H85NO3/c1-3-5-7-9-11-13-15-17-19-21-22-23-24-25-27-28-30-32-34-36-38-40-42-46(50)45(44-49)48-47(51)43-41-39-37-35-33-31-29-26-20-18-16-14-12-10-8-6-4-2/h6,8,12,14,18,20,32,34,40,42,45-46,49-50H,3-5,7,9-11,13,15-17,19,21-31,33,35-39,41,43-44H2,1-2H3,(H,48,51)/b8-6-,14-12-,20-18-,34-32+,42-40+. The summed E-state index contributed by atoms with van der Waals surface area (Å²) in [4.78, 5) is 12.4. The molecular weight excluding hydrogens is 627 g/mol. The SMILES string of the molecule is CC/C=C\C/C=C\C/C=C\CCCCCCCCCC(=O)NC(CO)C(O)/C=C/CC/C=C/CCCCCCCCCCCCCCCCCC. The van der Waals surface area contributed by atoms with Gasteiger partial charge in [0.2, 0.25) is 5.91 Å². The summed E-state index contributed by atoms with van der Waals surface area (Å²) >= 11 is 0. The van der Waals surface area contributed by atoms with Gasteiger partial charge in [-0.3, -0.25) is 4.79 Å². The van der Waals surface area contributed by atoms with Crippen LogP contribution in [0.15, 0.2) is 60.8 Å². The van der Waals surface area contributed by atoms with Gasteiger partial charge in [0.15, 0.2) is 0 Å². The van der Waals surface area contributed by atoms with Crippen molar-refractivity contribution in [3.63, 3.8) is 0 Å². The maximum absolute atomic E-state index is 12.4. The summed E-state index contributed by atoms with van der Waals surface area (Å²) in [7, 11) is 0. The van der Waals surface area contributed by atoms with Gasteiger partial charge in [-0.15, -0.1) is 0 Å². The van der Waals surface area contributed by atoms with Crippen molar-refractivity contribution in [2.45, 2.75) is 225 Å². The number of carbonyl (C=O) groups is 1. The number of unbranched alkanes of at least 4 members (excludes halogenated alkanes) is 24. The minimum absolute atomic E-state index is 0.0856. The Labute approximate surface area is 317 Å². The minimum Gasteiger partial charge on any atom is -0.394 e. The summed E-state index contributed by atoms with van der Waals surface area (Å²) in [6, 6.07) is -0.646. The molecule has 0 aromatic heterocycles. The number of hydrogen-bond donors (Lipinski definition) is 3. The normalized spacial score (nSPS) is 13.6. The van der Waals surface area contributed by atoms with Gasteiger partial charge in [-0.2, -0.15) is 0 Å². The van der Waals surface area contributed by atoms with E-state index >= 15 is 0 Å².